The Kier molecular flexibility index (Phi) is 4.84. The van der Waals surface area contributed by atoms with E-state index in [2.05, 4.69) is 156 Å². The zero-order valence-electron chi connectivity index (χ0n) is 25.2. The molecule has 0 fully saturated rings. The van der Waals surface area contributed by atoms with Gasteiger partial charge in [-0.05, 0) is 93.3 Å². The molecule has 0 saturated carbocycles. The Morgan fingerprint density at radius 2 is 0.872 bits per heavy atom. The van der Waals surface area contributed by atoms with Crippen molar-refractivity contribution in [1.29, 1.82) is 0 Å². The second kappa shape index (κ2) is 9.12. The standard InChI is InChI=1S/C44H25NO2/c1-2-10-29-26(9-1)21-34(31-12-4-3-11-30(29)31)27-17-19-41-35(22-27)37-24-44-38(25-43(37)46-41)36-23-28(18-20-42(36)47-44)45-39-15-7-5-13-32(39)33-14-6-8-16-40(33)45/h1-25H. The lowest BCUT2D eigenvalue weighted by Crippen LogP contribution is -1.93. The van der Waals surface area contributed by atoms with Gasteiger partial charge in [0.15, 0.2) is 0 Å². The third-order valence-corrected chi connectivity index (χ3v) is 9.96. The lowest BCUT2D eigenvalue weighted by Gasteiger charge is -2.11. The van der Waals surface area contributed by atoms with Crippen molar-refractivity contribution in [3.63, 3.8) is 0 Å². The molecule has 0 amide bonds. The highest BCUT2D eigenvalue weighted by Gasteiger charge is 2.17. The van der Waals surface area contributed by atoms with E-state index in [1.54, 1.807) is 0 Å². The molecule has 3 heteroatoms. The summed E-state index contributed by atoms with van der Waals surface area (Å²) in [5.74, 6) is 0. The zero-order valence-corrected chi connectivity index (χ0v) is 25.2. The minimum atomic E-state index is 0.858. The SMILES string of the molecule is c1ccc2c(c1)cc(-c1ccc3oc4cc5c(cc4c3c1)oc1ccc(-n3c4ccccc4c4ccccc43)cc15)c1ccccc12. The second-order valence-electron chi connectivity index (χ2n) is 12.5. The van der Waals surface area contributed by atoms with Gasteiger partial charge in [0.2, 0.25) is 0 Å². The summed E-state index contributed by atoms with van der Waals surface area (Å²) in [7, 11) is 0. The van der Waals surface area contributed by atoms with Crippen LogP contribution in [0.2, 0.25) is 0 Å². The van der Waals surface area contributed by atoms with Gasteiger partial charge in [0.25, 0.3) is 0 Å². The van der Waals surface area contributed by atoms with E-state index < -0.39 is 0 Å². The number of fused-ring (bicyclic) bond motifs is 12. The summed E-state index contributed by atoms with van der Waals surface area (Å²) in [6, 6.07) is 54.2. The highest BCUT2D eigenvalue weighted by atomic mass is 16.3. The highest BCUT2D eigenvalue weighted by molar-refractivity contribution is 6.18. The Bertz CT molecular complexity index is 3030. The fraction of sp³-hybridized carbons (Fsp3) is 0. The molecule has 0 aliphatic rings. The summed E-state index contributed by atoms with van der Waals surface area (Å²) in [6.07, 6.45) is 0. The normalized spacial score (nSPS) is 12.3. The van der Waals surface area contributed by atoms with E-state index in [9.17, 15) is 0 Å². The van der Waals surface area contributed by atoms with Crippen LogP contribution in [0.4, 0.5) is 0 Å². The molecular weight excluding hydrogens is 574 g/mol. The Morgan fingerprint density at radius 3 is 1.57 bits per heavy atom. The van der Waals surface area contributed by atoms with Gasteiger partial charge in [-0.2, -0.15) is 0 Å². The van der Waals surface area contributed by atoms with Crippen molar-refractivity contribution in [2.24, 2.45) is 0 Å². The van der Waals surface area contributed by atoms with Crippen molar-refractivity contribution < 1.29 is 8.83 Å². The molecule has 218 valence electrons. The number of para-hydroxylation sites is 2. The largest absolute Gasteiger partial charge is 0.456 e. The van der Waals surface area contributed by atoms with Crippen LogP contribution in [0.3, 0.4) is 0 Å². The lowest BCUT2D eigenvalue weighted by atomic mass is 9.92. The molecule has 0 spiro atoms. The van der Waals surface area contributed by atoms with Gasteiger partial charge in [-0.3, -0.25) is 0 Å². The molecule has 47 heavy (non-hydrogen) atoms. The molecule has 0 radical (unpaired) electrons. The van der Waals surface area contributed by atoms with Crippen LogP contribution < -0.4 is 0 Å². The monoisotopic (exact) mass is 599 g/mol. The average molecular weight is 600 g/mol. The van der Waals surface area contributed by atoms with Gasteiger partial charge in [-0.25, -0.2) is 0 Å². The van der Waals surface area contributed by atoms with Crippen LogP contribution in [-0.2, 0) is 0 Å². The van der Waals surface area contributed by atoms with Crippen molar-refractivity contribution in [2.75, 3.05) is 0 Å². The molecule has 0 saturated heterocycles. The molecule has 0 aliphatic carbocycles. The first-order valence-corrected chi connectivity index (χ1v) is 16.0. The Labute approximate surface area is 268 Å². The lowest BCUT2D eigenvalue weighted by molar-refractivity contribution is 0.664. The van der Waals surface area contributed by atoms with E-state index in [0.717, 1.165) is 49.6 Å². The quantitative estimate of drug-likeness (QED) is 0.185. The summed E-state index contributed by atoms with van der Waals surface area (Å²) in [5.41, 5.74) is 9.33. The molecule has 11 rings (SSSR count). The number of hydrogen-bond acceptors (Lipinski definition) is 2. The third-order valence-electron chi connectivity index (χ3n) is 9.96. The van der Waals surface area contributed by atoms with E-state index in [0.29, 0.717) is 0 Å². The van der Waals surface area contributed by atoms with Crippen molar-refractivity contribution >= 4 is 87.2 Å². The van der Waals surface area contributed by atoms with Gasteiger partial charge in [0, 0.05) is 38.0 Å². The molecule has 0 atom stereocenters. The van der Waals surface area contributed by atoms with E-state index in [1.165, 1.54) is 54.5 Å². The summed E-state index contributed by atoms with van der Waals surface area (Å²) in [5, 5.41) is 11.8. The van der Waals surface area contributed by atoms with Crippen LogP contribution in [-0.4, -0.2) is 4.57 Å². The number of furan rings is 2. The highest BCUT2D eigenvalue weighted by Crippen LogP contribution is 2.41. The van der Waals surface area contributed by atoms with Crippen LogP contribution >= 0.6 is 0 Å². The van der Waals surface area contributed by atoms with Gasteiger partial charge in [-0.1, -0.05) is 91.0 Å². The first-order chi connectivity index (χ1) is 23.3. The van der Waals surface area contributed by atoms with Crippen LogP contribution in [0, 0.1) is 0 Å². The minimum absolute atomic E-state index is 0.858. The van der Waals surface area contributed by atoms with E-state index in [1.807, 2.05) is 0 Å². The number of rotatable bonds is 2. The number of aromatic nitrogens is 1. The fourth-order valence-corrected chi connectivity index (χ4v) is 7.83. The van der Waals surface area contributed by atoms with Crippen molar-refractivity contribution in [3.8, 4) is 16.8 Å². The molecule has 0 aliphatic heterocycles. The number of hydrogen-bond donors (Lipinski definition) is 0. The van der Waals surface area contributed by atoms with Crippen molar-refractivity contribution in [2.45, 2.75) is 0 Å². The topological polar surface area (TPSA) is 31.2 Å². The van der Waals surface area contributed by atoms with E-state index >= 15 is 0 Å². The Balaban J connectivity index is 1.12. The summed E-state index contributed by atoms with van der Waals surface area (Å²) >= 11 is 0. The maximum atomic E-state index is 6.50. The average Bonchev–Trinajstić information content (AvgIpc) is 3.78. The van der Waals surface area contributed by atoms with Crippen LogP contribution in [0.15, 0.2) is 160 Å². The molecule has 0 N–H and O–H groups in total. The first-order valence-electron chi connectivity index (χ1n) is 16.0. The Morgan fingerprint density at radius 1 is 0.340 bits per heavy atom. The molecule has 3 nitrogen and oxygen atoms in total. The zero-order chi connectivity index (χ0) is 30.6. The molecule has 11 aromatic rings. The Hall–Kier alpha value is -6.32. The van der Waals surface area contributed by atoms with Gasteiger partial charge < -0.3 is 13.4 Å². The summed E-state index contributed by atoms with van der Waals surface area (Å²) in [4.78, 5) is 0. The van der Waals surface area contributed by atoms with Crippen LogP contribution in [0.25, 0.3) is 104 Å². The van der Waals surface area contributed by atoms with Crippen molar-refractivity contribution in [3.05, 3.63) is 152 Å². The molecule has 0 unspecified atom stereocenters. The maximum absolute atomic E-state index is 6.50. The smallest absolute Gasteiger partial charge is 0.136 e. The van der Waals surface area contributed by atoms with E-state index in [-0.39, 0.29) is 0 Å². The van der Waals surface area contributed by atoms with Crippen molar-refractivity contribution in [1.82, 2.24) is 4.57 Å². The minimum Gasteiger partial charge on any atom is -0.456 e. The molecule has 8 aromatic carbocycles. The summed E-state index contributed by atoms with van der Waals surface area (Å²) < 4.78 is 15.3. The van der Waals surface area contributed by atoms with Gasteiger partial charge in [-0.15, -0.1) is 0 Å². The third kappa shape index (κ3) is 3.46. The van der Waals surface area contributed by atoms with Crippen LogP contribution in [0.1, 0.15) is 0 Å². The van der Waals surface area contributed by atoms with Gasteiger partial charge in [0.05, 0.1) is 11.0 Å². The van der Waals surface area contributed by atoms with Crippen LogP contribution in [0.5, 0.6) is 0 Å². The fourth-order valence-electron chi connectivity index (χ4n) is 7.83. The summed E-state index contributed by atoms with van der Waals surface area (Å²) in [6.45, 7) is 0. The predicted octanol–water partition coefficient (Wildman–Crippen LogP) is 12.6. The molecule has 3 aromatic heterocycles. The molecular formula is C44H25NO2. The van der Waals surface area contributed by atoms with Gasteiger partial charge in [0.1, 0.15) is 22.3 Å². The second-order valence-corrected chi connectivity index (χ2v) is 12.5. The molecule has 0 bridgehead atoms. The number of nitrogens with zero attached hydrogens (tertiary/aromatic N) is 1. The van der Waals surface area contributed by atoms with Gasteiger partial charge >= 0.3 is 0 Å². The maximum Gasteiger partial charge on any atom is 0.136 e. The van der Waals surface area contributed by atoms with E-state index in [4.69, 9.17) is 8.83 Å². The predicted molar refractivity (Wildman–Crippen MR) is 196 cm³/mol. The molecule has 3 heterocycles. The number of benzene rings is 8. The first kappa shape index (κ1) is 24.9.